The fraction of sp³-hybridized carbons (Fsp3) is 0.417. The Hall–Kier alpha value is -3.15. The zero-order chi connectivity index (χ0) is 26.3. The van der Waals surface area contributed by atoms with Crippen molar-refractivity contribution in [2.24, 2.45) is 5.92 Å². The topological polar surface area (TPSA) is 71.0 Å². The van der Waals surface area contributed by atoms with Crippen molar-refractivity contribution in [2.45, 2.75) is 45.3 Å². The van der Waals surface area contributed by atoms with Crippen LogP contribution in [0.2, 0.25) is 0 Å². The van der Waals surface area contributed by atoms with Crippen LogP contribution in [0.1, 0.15) is 40.1 Å². The van der Waals surface area contributed by atoms with Crippen LogP contribution in [0.5, 0.6) is 0 Å². The highest BCUT2D eigenvalue weighted by molar-refractivity contribution is 7.15. The third-order valence-electron chi connectivity index (χ3n) is 5.99. The number of rotatable bonds is 5. The maximum atomic E-state index is 14.6. The smallest absolute Gasteiger partial charge is 0.367 e. The number of thiazole rings is 1. The molecule has 3 heterocycles. The van der Waals surface area contributed by atoms with E-state index in [2.05, 4.69) is 20.3 Å². The molecule has 0 bridgehead atoms. The standard InChI is InChI=1S/C24H24F5N5OS/c1-13-5-4-6-16(7-13)21-20(33-15(3)36-21)22(35)34-12-23(25,26)8-14(2)17(34)9-31-19-11-30-18(10-32-19)24(27,28)29/h4-7,10-11,14,17H,8-9,12H2,1-3H3,(H,31,32)/t14-,17?/m1/s1. The van der Waals surface area contributed by atoms with Crippen LogP contribution in [0.15, 0.2) is 36.7 Å². The van der Waals surface area contributed by atoms with E-state index in [1.165, 1.54) is 11.3 Å². The number of nitrogens with zero attached hydrogens (tertiary/aromatic N) is 4. The SMILES string of the molecule is Cc1cccc(-c2sc(C)nc2C(=O)N2CC(F)(F)C[C@@H](C)C2CNc2cnc(C(F)(F)F)cn2)c1. The second-order valence-electron chi connectivity index (χ2n) is 8.98. The molecule has 4 rings (SSSR count). The number of anilines is 1. The molecule has 192 valence electrons. The Kier molecular flexibility index (Phi) is 7.00. The van der Waals surface area contributed by atoms with Gasteiger partial charge in [0.05, 0.1) is 34.9 Å². The van der Waals surface area contributed by atoms with Crippen LogP contribution in [-0.2, 0) is 6.18 Å². The molecular weight excluding hydrogens is 501 g/mol. The second kappa shape index (κ2) is 9.72. The molecule has 2 atom stereocenters. The second-order valence-corrected chi connectivity index (χ2v) is 10.2. The van der Waals surface area contributed by atoms with Gasteiger partial charge in [-0.05, 0) is 25.3 Å². The van der Waals surface area contributed by atoms with Crippen LogP contribution in [0.25, 0.3) is 10.4 Å². The number of amides is 1. The number of benzene rings is 1. The molecule has 1 unspecified atom stereocenters. The summed E-state index contributed by atoms with van der Waals surface area (Å²) in [4.78, 5) is 26.8. The van der Waals surface area contributed by atoms with Crippen molar-refractivity contribution >= 4 is 23.1 Å². The van der Waals surface area contributed by atoms with Gasteiger partial charge < -0.3 is 10.2 Å². The summed E-state index contributed by atoms with van der Waals surface area (Å²) in [6.45, 7) is 4.50. The summed E-state index contributed by atoms with van der Waals surface area (Å²) >= 11 is 1.31. The molecule has 36 heavy (non-hydrogen) atoms. The van der Waals surface area contributed by atoms with E-state index in [9.17, 15) is 26.7 Å². The van der Waals surface area contributed by atoms with Crippen molar-refractivity contribution < 1.29 is 26.7 Å². The van der Waals surface area contributed by atoms with Crippen LogP contribution < -0.4 is 5.32 Å². The first-order valence-electron chi connectivity index (χ1n) is 11.2. The van der Waals surface area contributed by atoms with Crippen LogP contribution in [0.3, 0.4) is 0 Å². The Morgan fingerprint density at radius 1 is 1.22 bits per heavy atom. The van der Waals surface area contributed by atoms with Gasteiger partial charge in [0.1, 0.15) is 11.5 Å². The lowest BCUT2D eigenvalue weighted by molar-refractivity contribution is -0.141. The number of likely N-dealkylation sites (tertiary alicyclic amines) is 1. The molecule has 1 aromatic carbocycles. The number of piperidine rings is 1. The molecule has 1 fully saturated rings. The predicted molar refractivity (Wildman–Crippen MR) is 126 cm³/mol. The number of hydrogen-bond acceptors (Lipinski definition) is 6. The van der Waals surface area contributed by atoms with Crippen molar-refractivity contribution in [3.8, 4) is 10.4 Å². The first kappa shape index (κ1) is 25.9. The van der Waals surface area contributed by atoms with E-state index in [1.54, 1.807) is 13.8 Å². The molecule has 1 aliphatic rings. The van der Waals surface area contributed by atoms with Gasteiger partial charge in [0.25, 0.3) is 11.8 Å². The Morgan fingerprint density at radius 2 is 1.97 bits per heavy atom. The summed E-state index contributed by atoms with van der Waals surface area (Å²) < 4.78 is 67.5. The van der Waals surface area contributed by atoms with Crippen molar-refractivity contribution in [1.82, 2.24) is 19.9 Å². The monoisotopic (exact) mass is 525 g/mol. The van der Waals surface area contributed by atoms with E-state index in [0.717, 1.165) is 22.2 Å². The van der Waals surface area contributed by atoms with Crippen LogP contribution >= 0.6 is 11.3 Å². The largest absolute Gasteiger partial charge is 0.434 e. The van der Waals surface area contributed by atoms with E-state index < -0.39 is 48.6 Å². The minimum absolute atomic E-state index is 0.00588. The maximum absolute atomic E-state index is 14.6. The van der Waals surface area contributed by atoms with Crippen molar-refractivity contribution in [1.29, 1.82) is 0 Å². The number of aryl methyl sites for hydroxylation is 2. The first-order chi connectivity index (χ1) is 16.8. The average molecular weight is 526 g/mol. The van der Waals surface area contributed by atoms with Gasteiger partial charge in [0.2, 0.25) is 0 Å². The maximum Gasteiger partial charge on any atom is 0.434 e. The van der Waals surface area contributed by atoms with Gasteiger partial charge in [-0.3, -0.25) is 4.79 Å². The third kappa shape index (κ3) is 5.63. The lowest BCUT2D eigenvalue weighted by Crippen LogP contribution is -2.57. The van der Waals surface area contributed by atoms with Gasteiger partial charge in [-0.15, -0.1) is 11.3 Å². The molecule has 1 N–H and O–H groups in total. The molecule has 1 amide bonds. The van der Waals surface area contributed by atoms with E-state index in [1.807, 2.05) is 31.2 Å². The first-order valence-corrected chi connectivity index (χ1v) is 12.0. The molecule has 6 nitrogen and oxygen atoms in total. The van der Waals surface area contributed by atoms with E-state index in [-0.39, 0.29) is 18.1 Å². The van der Waals surface area contributed by atoms with Gasteiger partial charge in [-0.1, -0.05) is 36.8 Å². The highest BCUT2D eigenvalue weighted by atomic mass is 32.1. The Labute approximate surface area is 208 Å². The minimum atomic E-state index is -4.63. The summed E-state index contributed by atoms with van der Waals surface area (Å²) in [5.41, 5.74) is 0.718. The third-order valence-corrected chi connectivity index (χ3v) is 7.01. The van der Waals surface area contributed by atoms with Crippen LogP contribution in [0, 0.1) is 19.8 Å². The summed E-state index contributed by atoms with van der Waals surface area (Å²) in [6.07, 6.45) is -3.53. The number of carbonyl (C=O) groups excluding carboxylic acids is 1. The van der Waals surface area contributed by atoms with Gasteiger partial charge in [0, 0.05) is 13.0 Å². The molecule has 0 saturated carbocycles. The minimum Gasteiger partial charge on any atom is -0.367 e. The Bertz CT molecular complexity index is 1240. The fourth-order valence-electron chi connectivity index (χ4n) is 4.34. The van der Waals surface area contributed by atoms with E-state index >= 15 is 0 Å². The molecule has 0 spiro atoms. The van der Waals surface area contributed by atoms with Crippen molar-refractivity contribution in [2.75, 3.05) is 18.4 Å². The van der Waals surface area contributed by atoms with Gasteiger partial charge in [0.15, 0.2) is 5.69 Å². The molecule has 1 saturated heterocycles. The molecular formula is C24H24F5N5OS. The number of aromatic nitrogens is 3. The predicted octanol–water partition coefficient (Wildman–Crippen LogP) is 5.83. The van der Waals surface area contributed by atoms with Gasteiger partial charge in [-0.2, -0.15) is 13.2 Å². The molecule has 0 radical (unpaired) electrons. The lowest BCUT2D eigenvalue weighted by atomic mass is 9.88. The van der Waals surface area contributed by atoms with Crippen LogP contribution in [-0.4, -0.2) is 50.8 Å². The number of hydrogen-bond donors (Lipinski definition) is 1. The number of nitrogens with one attached hydrogen (secondary N) is 1. The Morgan fingerprint density at radius 3 is 2.61 bits per heavy atom. The van der Waals surface area contributed by atoms with Gasteiger partial charge >= 0.3 is 6.18 Å². The normalized spacial score (nSPS) is 19.8. The molecule has 3 aromatic rings. The number of carbonyl (C=O) groups is 1. The van der Waals surface area contributed by atoms with Crippen molar-refractivity contribution in [3.63, 3.8) is 0 Å². The molecule has 0 aliphatic carbocycles. The molecule has 1 aliphatic heterocycles. The molecule has 2 aromatic heterocycles. The van der Waals surface area contributed by atoms with E-state index in [4.69, 9.17) is 0 Å². The number of halogens is 5. The Balaban J connectivity index is 1.61. The summed E-state index contributed by atoms with van der Waals surface area (Å²) in [5.74, 6) is -4.26. The van der Waals surface area contributed by atoms with E-state index in [0.29, 0.717) is 16.1 Å². The average Bonchev–Trinajstić information content (AvgIpc) is 3.18. The fourth-order valence-corrected chi connectivity index (χ4v) is 5.25. The summed E-state index contributed by atoms with van der Waals surface area (Å²) in [5, 5.41) is 3.47. The highest BCUT2D eigenvalue weighted by Gasteiger charge is 2.47. The summed E-state index contributed by atoms with van der Waals surface area (Å²) in [7, 11) is 0. The lowest BCUT2D eigenvalue weighted by Gasteiger charge is -2.43. The number of alkyl halides is 5. The molecule has 12 heteroatoms. The zero-order valence-corrected chi connectivity index (χ0v) is 20.6. The summed E-state index contributed by atoms with van der Waals surface area (Å²) in [6, 6.07) is 6.83. The van der Waals surface area contributed by atoms with Gasteiger partial charge in [-0.25, -0.2) is 23.7 Å². The van der Waals surface area contributed by atoms with Crippen LogP contribution in [0.4, 0.5) is 27.8 Å². The van der Waals surface area contributed by atoms with Crippen molar-refractivity contribution in [3.05, 3.63) is 58.6 Å². The zero-order valence-electron chi connectivity index (χ0n) is 19.7. The highest BCUT2D eigenvalue weighted by Crippen LogP contribution is 2.38. The quantitative estimate of drug-likeness (QED) is 0.424.